The predicted molar refractivity (Wildman–Crippen MR) is 74.1 cm³/mol. The van der Waals surface area contributed by atoms with Crippen molar-refractivity contribution in [3.8, 4) is 0 Å². The van der Waals surface area contributed by atoms with Gasteiger partial charge in [0.15, 0.2) is 0 Å². The first-order chi connectivity index (χ1) is 8.34. The van der Waals surface area contributed by atoms with Crippen molar-refractivity contribution in [2.75, 3.05) is 6.54 Å². The highest BCUT2D eigenvalue weighted by Gasteiger charge is 2.20. The van der Waals surface area contributed by atoms with Crippen molar-refractivity contribution in [1.82, 2.24) is 5.32 Å². The van der Waals surface area contributed by atoms with Gasteiger partial charge in [-0.3, -0.25) is 0 Å². The van der Waals surface area contributed by atoms with Crippen LogP contribution in [-0.2, 0) is 6.42 Å². The van der Waals surface area contributed by atoms with Crippen LogP contribution in [0.4, 0.5) is 0 Å². The summed E-state index contributed by atoms with van der Waals surface area (Å²) in [5.41, 5.74) is 4.20. The van der Waals surface area contributed by atoms with Crippen LogP contribution in [-0.4, -0.2) is 6.54 Å². The van der Waals surface area contributed by atoms with E-state index in [-0.39, 0.29) is 0 Å². The Morgan fingerprint density at radius 1 is 1.06 bits per heavy atom. The summed E-state index contributed by atoms with van der Waals surface area (Å²) in [6.45, 7) is 1.05. The van der Waals surface area contributed by atoms with E-state index in [2.05, 4.69) is 69.8 Å². The van der Waals surface area contributed by atoms with Crippen LogP contribution in [0.1, 0.15) is 22.7 Å². The second-order valence-corrected chi connectivity index (χ2v) is 5.31. The first-order valence-electron chi connectivity index (χ1n) is 5.91. The fourth-order valence-corrected chi connectivity index (χ4v) is 2.85. The zero-order valence-corrected chi connectivity index (χ0v) is 11.1. The number of hydrogen-bond donors (Lipinski definition) is 1. The average molecular weight is 288 g/mol. The second kappa shape index (κ2) is 4.63. The van der Waals surface area contributed by atoms with Gasteiger partial charge in [0.2, 0.25) is 0 Å². The molecule has 0 radical (unpaired) electrons. The third-order valence-electron chi connectivity index (χ3n) is 3.29. The number of rotatable bonds is 1. The standard InChI is InChI=1S/C15H14BrN/c16-13-7-6-11-8-9-17-15(14(11)10-13)12-4-2-1-3-5-12/h1-7,10,15,17H,8-9H2/t15-/m0/s1. The van der Waals surface area contributed by atoms with E-state index in [0.29, 0.717) is 6.04 Å². The third kappa shape index (κ3) is 2.15. The first kappa shape index (κ1) is 11.0. The Kier molecular flexibility index (Phi) is 3.00. The van der Waals surface area contributed by atoms with E-state index in [9.17, 15) is 0 Å². The molecule has 0 spiro atoms. The molecule has 2 aromatic carbocycles. The van der Waals surface area contributed by atoms with Gasteiger partial charge in [0.1, 0.15) is 0 Å². The van der Waals surface area contributed by atoms with Gasteiger partial charge < -0.3 is 5.32 Å². The highest BCUT2D eigenvalue weighted by molar-refractivity contribution is 9.10. The molecular weight excluding hydrogens is 274 g/mol. The van der Waals surface area contributed by atoms with Crippen LogP contribution in [0.25, 0.3) is 0 Å². The maximum Gasteiger partial charge on any atom is 0.0579 e. The Morgan fingerprint density at radius 2 is 1.88 bits per heavy atom. The number of fused-ring (bicyclic) bond motifs is 1. The van der Waals surface area contributed by atoms with Gasteiger partial charge in [0.05, 0.1) is 6.04 Å². The smallest absolute Gasteiger partial charge is 0.0579 e. The van der Waals surface area contributed by atoms with Crippen LogP contribution in [0.15, 0.2) is 53.0 Å². The van der Waals surface area contributed by atoms with E-state index in [4.69, 9.17) is 0 Å². The lowest BCUT2D eigenvalue weighted by Crippen LogP contribution is -2.30. The summed E-state index contributed by atoms with van der Waals surface area (Å²) in [5.74, 6) is 0. The largest absolute Gasteiger partial charge is 0.306 e. The summed E-state index contributed by atoms with van der Waals surface area (Å²) >= 11 is 3.56. The zero-order valence-electron chi connectivity index (χ0n) is 9.49. The summed E-state index contributed by atoms with van der Waals surface area (Å²) in [7, 11) is 0. The van der Waals surface area contributed by atoms with Gasteiger partial charge in [0.25, 0.3) is 0 Å². The molecule has 0 fully saturated rings. The van der Waals surface area contributed by atoms with Gasteiger partial charge in [-0.25, -0.2) is 0 Å². The lowest BCUT2D eigenvalue weighted by atomic mass is 9.90. The Hall–Kier alpha value is -1.12. The molecule has 1 aliphatic heterocycles. The minimum atomic E-state index is 0.331. The molecule has 1 nitrogen and oxygen atoms in total. The summed E-state index contributed by atoms with van der Waals surface area (Å²) in [6, 6.07) is 17.6. The molecule has 0 saturated heterocycles. The van der Waals surface area contributed by atoms with Crippen LogP contribution >= 0.6 is 15.9 Å². The summed E-state index contributed by atoms with van der Waals surface area (Å²) in [4.78, 5) is 0. The third-order valence-corrected chi connectivity index (χ3v) is 3.79. The van der Waals surface area contributed by atoms with Crippen molar-refractivity contribution >= 4 is 15.9 Å². The van der Waals surface area contributed by atoms with E-state index >= 15 is 0 Å². The Balaban J connectivity index is 2.08. The zero-order chi connectivity index (χ0) is 11.7. The van der Waals surface area contributed by atoms with Gasteiger partial charge in [-0.05, 0) is 35.2 Å². The molecule has 86 valence electrons. The summed E-state index contributed by atoms with van der Waals surface area (Å²) < 4.78 is 1.15. The minimum absolute atomic E-state index is 0.331. The van der Waals surface area contributed by atoms with Crippen LogP contribution < -0.4 is 5.32 Å². The van der Waals surface area contributed by atoms with Crippen LogP contribution in [0.2, 0.25) is 0 Å². The molecule has 0 unspecified atom stereocenters. The van der Waals surface area contributed by atoms with Crippen molar-refractivity contribution in [1.29, 1.82) is 0 Å². The van der Waals surface area contributed by atoms with Crippen molar-refractivity contribution in [3.05, 3.63) is 69.7 Å². The molecular formula is C15H14BrN. The molecule has 3 rings (SSSR count). The molecule has 17 heavy (non-hydrogen) atoms. The molecule has 0 bridgehead atoms. The monoisotopic (exact) mass is 287 g/mol. The first-order valence-corrected chi connectivity index (χ1v) is 6.70. The normalized spacial score (nSPS) is 18.8. The van der Waals surface area contributed by atoms with Crippen molar-refractivity contribution in [2.45, 2.75) is 12.5 Å². The molecule has 0 amide bonds. The van der Waals surface area contributed by atoms with Crippen molar-refractivity contribution < 1.29 is 0 Å². The molecule has 0 saturated carbocycles. The van der Waals surface area contributed by atoms with Gasteiger partial charge in [-0.1, -0.05) is 52.3 Å². The molecule has 1 aliphatic rings. The van der Waals surface area contributed by atoms with E-state index in [1.165, 1.54) is 16.7 Å². The Bertz CT molecular complexity index is 522. The molecule has 0 aromatic heterocycles. The molecule has 1 atom stereocenters. The summed E-state index contributed by atoms with van der Waals surface area (Å²) in [6.07, 6.45) is 1.12. The van der Waals surface area contributed by atoms with Crippen LogP contribution in [0.3, 0.4) is 0 Å². The van der Waals surface area contributed by atoms with E-state index in [1.807, 2.05) is 0 Å². The topological polar surface area (TPSA) is 12.0 Å². The van der Waals surface area contributed by atoms with Gasteiger partial charge in [-0.2, -0.15) is 0 Å². The molecule has 2 aromatic rings. The number of benzene rings is 2. The quantitative estimate of drug-likeness (QED) is 0.844. The van der Waals surface area contributed by atoms with Crippen LogP contribution in [0.5, 0.6) is 0 Å². The number of halogens is 1. The summed E-state index contributed by atoms with van der Waals surface area (Å²) in [5, 5.41) is 3.60. The highest BCUT2D eigenvalue weighted by Crippen LogP contribution is 2.30. The lowest BCUT2D eigenvalue weighted by molar-refractivity contribution is 0.567. The maximum atomic E-state index is 3.60. The van der Waals surface area contributed by atoms with E-state index in [0.717, 1.165) is 17.4 Å². The highest BCUT2D eigenvalue weighted by atomic mass is 79.9. The van der Waals surface area contributed by atoms with Crippen molar-refractivity contribution in [3.63, 3.8) is 0 Å². The van der Waals surface area contributed by atoms with E-state index in [1.54, 1.807) is 0 Å². The molecule has 1 N–H and O–H groups in total. The van der Waals surface area contributed by atoms with Gasteiger partial charge >= 0.3 is 0 Å². The molecule has 1 heterocycles. The number of hydrogen-bond acceptors (Lipinski definition) is 1. The van der Waals surface area contributed by atoms with Gasteiger partial charge in [0, 0.05) is 11.0 Å². The SMILES string of the molecule is Brc1ccc2c(c1)[C@H](c1ccccc1)NCC2. The van der Waals surface area contributed by atoms with Gasteiger partial charge in [-0.15, -0.1) is 0 Å². The Morgan fingerprint density at radius 3 is 2.71 bits per heavy atom. The lowest BCUT2D eigenvalue weighted by Gasteiger charge is -2.27. The van der Waals surface area contributed by atoms with Crippen LogP contribution in [0, 0.1) is 0 Å². The van der Waals surface area contributed by atoms with Crippen molar-refractivity contribution in [2.24, 2.45) is 0 Å². The average Bonchev–Trinajstić information content (AvgIpc) is 2.39. The minimum Gasteiger partial charge on any atom is -0.306 e. The van der Waals surface area contributed by atoms with E-state index < -0.39 is 0 Å². The second-order valence-electron chi connectivity index (χ2n) is 4.39. The molecule has 2 heteroatoms. The predicted octanol–water partition coefficient (Wildman–Crippen LogP) is 3.68. The molecule has 0 aliphatic carbocycles. The maximum absolute atomic E-state index is 3.60. The number of nitrogens with one attached hydrogen (secondary N) is 1. The fraction of sp³-hybridized carbons (Fsp3) is 0.200. The fourth-order valence-electron chi connectivity index (χ4n) is 2.47. The Labute approximate surface area is 110 Å².